The van der Waals surface area contributed by atoms with Crippen LogP contribution in [0.15, 0.2) is 61.2 Å². The topological polar surface area (TPSA) is 60.9 Å². The minimum atomic E-state index is -1.16. The van der Waals surface area contributed by atoms with E-state index >= 15 is 0 Å². The van der Waals surface area contributed by atoms with Crippen LogP contribution in [0.5, 0.6) is 0 Å². The highest BCUT2D eigenvalue weighted by Crippen LogP contribution is 2.61. The Labute approximate surface area is 191 Å². The second-order valence-corrected chi connectivity index (χ2v) is 9.32. The first-order valence-corrected chi connectivity index (χ1v) is 11.3. The highest BCUT2D eigenvalue weighted by molar-refractivity contribution is 6.31. The molecule has 2 aromatic rings. The van der Waals surface area contributed by atoms with Gasteiger partial charge in [-0.15, -0.1) is 6.58 Å². The van der Waals surface area contributed by atoms with Gasteiger partial charge in [-0.05, 0) is 43.7 Å². The first-order valence-electron chi connectivity index (χ1n) is 10.9. The van der Waals surface area contributed by atoms with E-state index in [4.69, 9.17) is 11.6 Å². The maximum absolute atomic E-state index is 14.1. The Morgan fingerprint density at radius 2 is 1.91 bits per heavy atom. The highest BCUT2D eigenvalue weighted by Gasteiger charge is 2.75. The second-order valence-electron chi connectivity index (χ2n) is 8.89. The zero-order valence-electron chi connectivity index (χ0n) is 17.4. The number of fused-ring (bicyclic) bond motifs is 7. The molecule has 4 atom stereocenters. The molecule has 6 nitrogen and oxygen atoms in total. The minimum absolute atomic E-state index is 0.132. The summed E-state index contributed by atoms with van der Waals surface area (Å²) >= 11 is 6.17. The van der Waals surface area contributed by atoms with E-state index in [1.165, 1.54) is 4.90 Å². The van der Waals surface area contributed by atoms with E-state index < -0.39 is 17.4 Å². The van der Waals surface area contributed by atoms with Crippen molar-refractivity contribution in [2.45, 2.75) is 24.4 Å². The smallest absolute Gasteiger partial charge is 0.253 e. The molecule has 2 aromatic carbocycles. The van der Waals surface area contributed by atoms with Crippen LogP contribution in [-0.4, -0.2) is 41.8 Å². The van der Waals surface area contributed by atoms with Crippen LogP contribution in [0.4, 0.5) is 11.4 Å². The average molecular weight is 448 g/mol. The maximum Gasteiger partial charge on any atom is 0.253 e. The lowest BCUT2D eigenvalue weighted by Crippen LogP contribution is -2.56. The summed E-state index contributed by atoms with van der Waals surface area (Å²) in [5, 5.41) is 0.455. The van der Waals surface area contributed by atoms with Crippen LogP contribution in [0.1, 0.15) is 18.4 Å². The van der Waals surface area contributed by atoms with Crippen molar-refractivity contribution in [2.75, 3.05) is 22.9 Å². The molecule has 4 heterocycles. The van der Waals surface area contributed by atoms with Crippen molar-refractivity contribution in [3.63, 3.8) is 0 Å². The quantitative estimate of drug-likeness (QED) is 0.534. The Morgan fingerprint density at radius 1 is 1.09 bits per heavy atom. The summed E-state index contributed by atoms with van der Waals surface area (Å²) in [6.07, 6.45) is 3.38. The van der Waals surface area contributed by atoms with Gasteiger partial charge in [-0.2, -0.15) is 0 Å². The van der Waals surface area contributed by atoms with E-state index in [9.17, 15) is 14.4 Å². The molecule has 0 bridgehead atoms. The molecule has 162 valence electrons. The summed E-state index contributed by atoms with van der Waals surface area (Å²) < 4.78 is 0. The van der Waals surface area contributed by atoms with E-state index in [0.29, 0.717) is 23.8 Å². The van der Waals surface area contributed by atoms with Crippen molar-refractivity contribution in [2.24, 2.45) is 11.8 Å². The van der Waals surface area contributed by atoms with Gasteiger partial charge in [0.2, 0.25) is 11.8 Å². The predicted molar refractivity (Wildman–Crippen MR) is 121 cm³/mol. The molecule has 0 radical (unpaired) electrons. The van der Waals surface area contributed by atoms with Gasteiger partial charge in [0.1, 0.15) is 5.54 Å². The normalized spacial score (nSPS) is 30.9. The van der Waals surface area contributed by atoms with Gasteiger partial charge in [0, 0.05) is 28.9 Å². The third-order valence-electron chi connectivity index (χ3n) is 7.52. The third kappa shape index (κ3) is 2.21. The van der Waals surface area contributed by atoms with Crippen LogP contribution in [0.25, 0.3) is 0 Å². The van der Waals surface area contributed by atoms with Crippen LogP contribution in [0.3, 0.4) is 0 Å². The summed E-state index contributed by atoms with van der Waals surface area (Å²) in [7, 11) is 0. The lowest BCUT2D eigenvalue weighted by molar-refractivity contribution is -0.137. The molecule has 3 saturated heterocycles. The Bertz CT molecular complexity index is 1200. The summed E-state index contributed by atoms with van der Waals surface area (Å²) in [4.78, 5) is 46.9. The predicted octanol–water partition coefficient (Wildman–Crippen LogP) is 3.35. The summed E-state index contributed by atoms with van der Waals surface area (Å²) in [6.45, 7) is 4.86. The van der Waals surface area contributed by atoms with Gasteiger partial charge in [-0.3, -0.25) is 19.3 Å². The number of hydrogen-bond donors (Lipinski definition) is 0. The monoisotopic (exact) mass is 447 g/mol. The molecule has 6 rings (SSSR count). The largest absolute Gasteiger partial charge is 0.306 e. The van der Waals surface area contributed by atoms with Gasteiger partial charge in [0.25, 0.3) is 5.91 Å². The lowest BCUT2D eigenvalue weighted by Gasteiger charge is -2.37. The number of carbonyl (C=O) groups excluding carboxylic acids is 3. The maximum atomic E-state index is 14.1. The number of hydrogen-bond acceptors (Lipinski definition) is 4. The molecule has 0 aliphatic carbocycles. The zero-order chi connectivity index (χ0) is 22.2. The molecule has 0 saturated carbocycles. The molecule has 4 aliphatic heterocycles. The summed E-state index contributed by atoms with van der Waals surface area (Å²) in [5.74, 6) is -2.00. The van der Waals surface area contributed by atoms with Crippen molar-refractivity contribution >= 4 is 40.7 Å². The Morgan fingerprint density at radius 3 is 2.69 bits per heavy atom. The highest BCUT2D eigenvalue weighted by atomic mass is 35.5. The van der Waals surface area contributed by atoms with Crippen molar-refractivity contribution in [1.29, 1.82) is 0 Å². The molecule has 3 fully saturated rings. The number of halogens is 1. The standard InChI is InChI=1S/C25H22ClN3O3/c1-2-12-27-18-10-4-3-9-17(18)25(24(27)32)21-20(19-11-6-13-28(19)25)22(30)29(23(21)31)16-8-5-7-15(26)14-16/h2-5,7-10,14,19-21H,1,6,11-13H2/t19-,20-,21-,25+/m1/s1. The molecule has 7 heteroatoms. The van der Waals surface area contributed by atoms with Crippen LogP contribution >= 0.6 is 11.6 Å². The first kappa shape index (κ1) is 19.7. The molecule has 3 amide bonds. The molecular weight excluding hydrogens is 426 g/mol. The number of carbonyl (C=O) groups is 3. The SMILES string of the molecule is C=CCN1C(=O)[C@]2(c3ccccc31)[C@H]1C(=O)N(c3cccc(Cl)c3)C(=O)[C@@H]1[C@H]1CCCN12. The number of nitrogens with zero attached hydrogens (tertiary/aromatic N) is 3. The molecule has 32 heavy (non-hydrogen) atoms. The van der Waals surface area contributed by atoms with Gasteiger partial charge in [-0.25, -0.2) is 4.90 Å². The van der Waals surface area contributed by atoms with E-state index in [2.05, 4.69) is 11.5 Å². The van der Waals surface area contributed by atoms with Gasteiger partial charge >= 0.3 is 0 Å². The summed E-state index contributed by atoms with van der Waals surface area (Å²) in [6, 6.07) is 14.3. The number of benzene rings is 2. The van der Waals surface area contributed by atoms with Crippen molar-refractivity contribution < 1.29 is 14.4 Å². The minimum Gasteiger partial charge on any atom is -0.306 e. The van der Waals surface area contributed by atoms with Gasteiger partial charge < -0.3 is 4.90 Å². The molecule has 1 spiro atoms. The average Bonchev–Trinajstić information content (AvgIpc) is 3.48. The number of amides is 3. The number of rotatable bonds is 3. The molecular formula is C25H22ClN3O3. The summed E-state index contributed by atoms with van der Waals surface area (Å²) in [5.41, 5.74) is 0.916. The van der Waals surface area contributed by atoms with Crippen LogP contribution in [-0.2, 0) is 19.9 Å². The fourth-order valence-corrected chi connectivity index (χ4v) is 6.71. The van der Waals surface area contributed by atoms with Crippen molar-refractivity contribution in [3.8, 4) is 0 Å². The van der Waals surface area contributed by atoms with Crippen LogP contribution < -0.4 is 9.80 Å². The number of anilines is 2. The zero-order valence-corrected chi connectivity index (χ0v) is 18.2. The van der Waals surface area contributed by atoms with Gasteiger partial charge in [-0.1, -0.05) is 41.9 Å². The molecule has 0 N–H and O–H groups in total. The molecule has 4 aliphatic rings. The Balaban J connectivity index is 1.57. The number of imide groups is 1. The van der Waals surface area contributed by atoms with E-state index in [0.717, 1.165) is 24.1 Å². The fraction of sp³-hybridized carbons (Fsp3) is 0.320. The second kappa shape index (κ2) is 6.77. The van der Waals surface area contributed by atoms with Gasteiger partial charge in [0.15, 0.2) is 0 Å². The first-order chi connectivity index (χ1) is 15.5. The number of para-hydroxylation sites is 1. The van der Waals surface area contributed by atoms with Crippen LogP contribution in [0.2, 0.25) is 5.02 Å². The van der Waals surface area contributed by atoms with Crippen molar-refractivity contribution in [3.05, 3.63) is 71.8 Å². The van der Waals surface area contributed by atoms with Gasteiger partial charge in [0.05, 0.1) is 17.5 Å². The molecule has 0 aromatic heterocycles. The Kier molecular flexibility index (Phi) is 4.17. The third-order valence-corrected chi connectivity index (χ3v) is 7.76. The van der Waals surface area contributed by atoms with E-state index in [1.54, 1.807) is 35.2 Å². The molecule has 0 unspecified atom stereocenters. The van der Waals surface area contributed by atoms with Crippen molar-refractivity contribution in [1.82, 2.24) is 4.90 Å². The van der Waals surface area contributed by atoms with E-state index in [1.807, 2.05) is 24.3 Å². The lowest BCUT2D eigenvalue weighted by atomic mass is 9.75. The Hall–Kier alpha value is -2.96. The van der Waals surface area contributed by atoms with Crippen LogP contribution in [0, 0.1) is 11.8 Å². The fourth-order valence-electron chi connectivity index (χ4n) is 6.52. The van der Waals surface area contributed by atoms with E-state index in [-0.39, 0.29) is 23.8 Å².